The molecule has 1 aliphatic carbocycles. The van der Waals surface area contributed by atoms with Gasteiger partial charge in [0.2, 0.25) is 0 Å². The summed E-state index contributed by atoms with van der Waals surface area (Å²) in [5, 5.41) is 1.86. The van der Waals surface area contributed by atoms with E-state index in [1.54, 1.807) is 0 Å². The van der Waals surface area contributed by atoms with Crippen LogP contribution in [0.15, 0.2) is 48.5 Å². The SMILES string of the molecule is CNN(C)CCN(C)C(Cl)C(Cl)CC1c2ccccc2C=Cc2ccccc21. The standard InChI is InChI=1S/C23H29Cl2N3/c1-26-28(3)15-14-27(2)23(25)22(24)16-21-19-10-6-4-8-17(19)12-13-18-9-5-7-11-20(18)21/h4-13,21-23,26H,14-16H2,1-3H3. The molecule has 150 valence electrons. The molecule has 3 nitrogen and oxygen atoms in total. The monoisotopic (exact) mass is 417 g/mol. The number of nitrogens with one attached hydrogen (secondary N) is 1. The third-order valence-electron chi connectivity index (χ3n) is 5.54. The summed E-state index contributed by atoms with van der Waals surface area (Å²) in [4.78, 5) is 2.12. The average molecular weight is 418 g/mol. The van der Waals surface area contributed by atoms with Crippen molar-refractivity contribution in [3.63, 3.8) is 0 Å². The van der Waals surface area contributed by atoms with Gasteiger partial charge in [-0.2, -0.15) is 0 Å². The molecule has 2 atom stereocenters. The molecule has 0 aliphatic heterocycles. The van der Waals surface area contributed by atoms with Crippen molar-refractivity contribution in [1.82, 2.24) is 15.3 Å². The zero-order valence-electron chi connectivity index (χ0n) is 16.8. The van der Waals surface area contributed by atoms with Crippen LogP contribution in [0.1, 0.15) is 34.6 Å². The summed E-state index contributed by atoms with van der Waals surface area (Å²) in [5.74, 6) is 0.222. The molecule has 0 spiro atoms. The predicted octanol–water partition coefficient (Wildman–Crippen LogP) is 4.86. The van der Waals surface area contributed by atoms with Crippen LogP contribution in [-0.4, -0.2) is 55.0 Å². The Bertz CT molecular complexity index is 758. The van der Waals surface area contributed by atoms with Crippen LogP contribution in [0.4, 0.5) is 0 Å². The number of halogens is 2. The fourth-order valence-electron chi connectivity index (χ4n) is 3.72. The fraction of sp³-hybridized carbons (Fsp3) is 0.391. The highest BCUT2D eigenvalue weighted by Gasteiger charge is 2.28. The minimum absolute atomic E-state index is 0.171. The van der Waals surface area contributed by atoms with E-state index >= 15 is 0 Å². The average Bonchev–Trinajstić information content (AvgIpc) is 2.88. The molecule has 0 bridgehead atoms. The molecule has 5 heteroatoms. The second-order valence-corrected chi connectivity index (χ2v) is 8.40. The number of fused-ring (bicyclic) bond motifs is 2. The van der Waals surface area contributed by atoms with E-state index in [0.717, 1.165) is 19.5 Å². The van der Waals surface area contributed by atoms with Crippen LogP contribution >= 0.6 is 23.2 Å². The van der Waals surface area contributed by atoms with Crippen LogP contribution in [0, 0.1) is 0 Å². The maximum absolute atomic E-state index is 6.87. The zero-order valence-corrected chi connectivity index (χ0v) is 18.3. The van der Waals surface area contributed by atoms with Crippen LogP contribution in [0.2, 0.25) is 0 Å². The smallest absolute Gasteiger partial charge is 0.101 e. The Balaban J connectivity index is 1.80. The largest absolute Gasteiger partial charge is 0.288 e. The topological polar surface area (TPSA) is 18.5 Å². The van der Waals surface area contributed by atoms with Gasteiger partial charge >= 0.3 is 0 Å². The van der Waals surface area contributed by atoms with E-state index in [-0.39, 0.29) is 16.8 Å². The number of alkyl halides is 2. The van der Waals surface area contributed by atoms with Gasteiger partial charge in [0, 0.05) is 26.1 Å². The number of hydrazine groups is 1. The molecule has 28 heavy (non-hydrogen) atoms. The van der Waals surface area contributed by atoms with Crippen molar-refractivity contribution in [2.75, 3.05) is 34.2 Å². The van der Waals surface area contributed by atoms with E-state index < -0.39 is 0 Å². The Kier molecular flexibility index (Phi) is 7.55. The number of benzene rings is 2. The van der Waals surface area contributed by atoms with Gasteiger partial charge in [-0.3, -0.25) is 10.3 Å². The lowest BCUT2D eigenvalue weighted by molar-refractivity contribution is 0.203. The Morgan fingerprint density at radius 2 is 1.43 bits per heavy atom. The van der Waals surface area contributed by atoms with Crippen molar-refractivity contribution >= 4 is 35.4 Å². The first kappa shape index (κ1) is 21.4. The summed E-state index contributed by atoms with van der Waals surface area (Å²) in [6.07, 6.45) is 5.20. The van der Waals surface area contributed by atoms with Crippen LogP contribution in [0.3, 0.4) is 0 Å². The molecule has 0 amide bonds. The van der Waals surface area contributed by atoms with Crippen LogP contribution in [0.25, 0.3) is 12.2 Å². The van der Waals surface area contributed by atoms with E-state index in [0.29, 0.717) is 0 Å². The second kappa shape index (κ2) is 9.91. The van der Waals surface area contributed by atoms with Gasteiger partial charge in [0.15, 0.2) is 0 Å². The molecule has 2 aromatic carbocycles. The van der Waals surface area contributed by atoms with E-state index in [2.05, 4.69) is 71.0 Å². The number of hydrogen-bond acceptors (Lipinski definition) is 3. The van der Waals surface area contributed by atoms with E-state index in [1.807, 2.05) is 26.2 Å². The van der Waals surface area contributed by atoms with Gasteiger partial charge in [0.1, 0.15) is 5.50 Å². The van der Waals surface area contributed by atoms with Gasteiger partial charge < -0.3 is 0 Å². The zero-order chi connectivity index (χ0) is 20.1. The van der Waals surface area contributed by atoms with E-state index in [1.165, 1.54) is 22.3 Å². The summed E-state index contributed by atoms with van der Waals surface area (Å²) < 4.78 is 0. The Hall–Kier alpha value is -1.36. The van der Waals surface area contributed by atoms with Crippen LogP contribution < -0.4 is 5.43 Å². The molecule has 3 rings (SSSR count). The molecule has 0 saturated heterocycles. The molecule has 0 heterocycles. The van der Waals surface area contributed by atoms with Crippen molar-refractivity contribution in [1.29, 1.82) is 0 Å². The molecule has 0 fully saturated rings. The Morgan fingerprint density at radius 3 is 1.96 bits per heavy atom. The predicted molar refractivity (Wildman–Crippen MR) is 122 cm³/mol. The highest BCUT2D eigenvalue weighted by molar-refractivity contribution is 6.29. The first-order valence-corrected chi connectivity index (χ1v) is 10.6. The highest BCUT2D eigenvalue weighted by Crippen LogP contribution is 2.39. The van der Waals surface area contributed by atoms with E-state index in [9.17, 15) is 0 Å². The van der Waals surface area contributed by atoms with Gasteiger partial charge in [-0.15, -0.1) is 23.2 Å². The molecular weight excluding hydrogens is 389 g/mol. The summed E-state index contributed by atoms with van der Waals surface area (Å²) in [6.45, 7) is 1.72. The quantitative estimate of drug-likeness (QED) is 0.375. The molecule has 1 aliphatic rings. The van der Waals surface area contributed by atoms with Crippen molar-refractivity contribution in [2.24, 2.45) is 0 Å². The second-order valence-electron chi connectivity index (χ2n) is 7.39. The lowest BCUT2D eigenvalue weighted by Crippen LogP contribution is -2.42. The Labute approximate surface area is 178 Å². The highest BCUT2D eigenvalue weighted by atomic mass is 35.5. The molecule has 1 N–H and O–H groups in total. The fourth-order valence-corrected chi connectivity index (χ4v) is 4.29. The van der Waals surface area contributed by atoms with Gasteiger partial charge in [-0.25, -0.2) is 5.01 Å². The lowest BCUT2D eigenvalue weighted by Gasteiger charge is -2.31. The summed E-state index contributed by atoms with van der Waals surface area (Å²) in [6, 6.07) is 17.2. The number of nitrogens with zero attached hydrogens (tertiary/aromatic N) is 2. The number of hydrogen-bond donors (Lipinski definition) is 1. The van der Waals surface area contributed by atoms with Crippen molar-refractivity contribution in [3.05, 3.63) is 70.8 Å². The lowest BCUT2D eigenvalue weighted by atomic mass is 9.84. The normalized spacial score (nSPS) is 16.0. The van der Waals surface area contributed by atoms with Crippen molar-refractivity contribution in [3.8, 4) is 0 Å². The summed E-state index contributed by atoms with van der Waals surface area (Å²) in [7, 11) is 5.96. The minimum Gasteiger partial charge on any atom is -0.288 e. The summed E-state index contributed by atoms with van der Waals surface area (Å²) >= 11 is 13.6. The molecule has 2 aromatic rings. The first-order chi connectivity index (χ1) is 13.5. The Morgan fingerprint density at radius 1 is 0.893 bits per heavy atom. The number of rotatable bonds is 8. The molecule has 2 unspecified atom stereocenters. The molecule has 0 aromatic heterocycles. The first-order valence-electron chi connectivity index (χ1n) is 9.74. The van der Waals surface area contributed by atoms with Gasteiger partial charge in [-0.05, 0) is 42.8 Å². The third kappa shape index (κ3) is 4.97. The van der Waals surface area contributed by atoms with Crippen molar-refractivity contribution < 1.29 is 0 Å². The van der Waals surface area contributed by atoms with Gasteiger partial charge in [0.25, 0.3) is 0 Å². The summed E-state index contributed by atoms with van der Waals surface area (Å²) in [5.41, 5.74) is 8.01. The molecule has 0 saturated carbocycles. The van der Waals surface area contributed by atoms with Gasteiger partial charge in [0.05, 0.1) is 5.38 Å². The van der Waals surface area contributed by atoms with Gasteiger partial charge in [-0.1, -0.05) is 60.7 Å². The van der Waals surface area contributed by atoms with Crippen molar-refractivity contribution in [2.45, 2.75) is 23.2 Å². The van der Waals surface area contributed by atoms with E-state index in [4.69, 9.17) is 23.2 Å². The third-order valence-corrected chi connectivity index (χ3v) is 6.72. The number of likely N-dealkylation sites (N-methyl/N-ethyl adjacent to an activating group) is 2. The van der Waals surface area contributed by atoms with Crippen LogP contribution in [0.5, 0.6) is 0 Å². The maximum atomic E-state index is 6.87. The van der Waals surface area contributed by atoms with Crippen LogP contribution in [-0.2, 0) is 0 Å². The molecule has 0 radical (unpaired) electrons. The molecular formula is C23H29Cl2N3. The maximum Gasteiger partial charge on any atom is 0.101 e. The minimum atomic E-state index is -0.234.